The highest BCUT2D eigenvalue weighted by Crippen LogP contribution is 2.05. The Bertz CT molecular complexity index is 614. The quantitative estimate of drug-likeness (QED) is 0.760. The van der Waals surface area contributed by atoms with Gasteiger partial charge in [-0.2, -0.15) is 0 Å². The zero-order valence-corrected chi connectivity index (χ0v) is 12.0. The topological polar surface area (TPSA) is 91.3 Å². The molecular weight excluding hydrogens is 290 g/mol. The van der Waals surface area contributed by atoms with E-state index in [1.165, 1.54) is 11.3 Å². The first kappa shape index (κ1) is 15.0. The summed E-state index contributed by atoms with van der Waals surface area (Å²) in [6, 6.07) is 6.41. The van der Waals surface area contributed by atoms with Crippen molar-refractivity contribution in [2.75, 3.05) is 6.54 Å². The van der Waals surface area contributed by atoms with Crippen LogP contribution in [0.2, 0.25) is 0 Å². The van der Waals surface area contributed by atoms with E-state index in [4.69, 9.17) is 5.11 Å². The fraction of sp³-hybridized carbons (Fsp3) is 0.214. The van der Waals surface area contributed by atoms with E-state index >= 15 is 0 Å². The third-order valence-corrected chi connectivity index (χ3v) is 3.42. The first-order chi connectivity index (χ1) is 10.1. The molecule has 0 bridgehead atoms. The van der Waals surface area contributed by atoms with Crippen molar-refractivity contribution >= 4 is 23.3 Å². The lowest BCUT2D eigenvalue weighted by atomic mass is 10.1. The van der Waals surface area contributed by atoms with E-state index < -0.39 is 5.97 Å². The minimum atomic E-state index is -0.953. The number of urea groups is 1. The Morgan fingerprint density at radius 2 is 2.14 bits per heavy atom. The number of benzene rings is 1. The fourth-order valence-electron chi connectivity index (χ4n) is 1.74. The number of nitrogens with zero attached hydrogens (tertiary/aromatic N) is 1. The highest BCUT2D eigenvalue weighted by Gasteiger charge is 2.04. The van der Waals surface area contributed by atoms with E-state index in [1.54, 1.807) is 23.7 Å². The molecule has 0 spiro atoms. The Labute approximate surface area is 125 Å². The Morgan fingerprint density at radius 3 is 2.86 bits per heavy atom. The van der Waals surface area contributed by atoms with Gasteiger partial charge in [-0.3, -0.25) is 0 Å². The number of nitrogens with one attached hydrogen (secondary N) is 2. The van der Waals surface area contributed by atoms with E-state index in [0.717, 1.165) is 11.3 Å². The van der Waals surface area contributed by atoms with Crippen LogP contribution in [0.3, 0.4) is 0 Å². The van der Waals surface area contributed by atoms with Crippen molar-refractivity contribution in [3.8, 4) is 0 Å². The number of carbonyl (C=O) groups excluding carboxylic acids is 1. The van der Waals surface area contributed by atoms with Gasteiger partial charge in [-0.15, -0.1) is 11.3 Å². The van der Waals surface area contributed by atoms with Gasteiger partial charge in [0, 0.05) is 11.9 Å². The summed E-state index contributed by atoms with van der Waals surface area (Å²) in [4.78, 5) is 26.5. The summed E-state index contributed by atoms with van der Waals surface area (Å²) in [5.74, 6) is -0.953. The normalized spacial score (nSPS) is 10.1. The van der Waals surface area contributed by atoms with Crippen LogP contribution >= 0.6 is 11.3 Å². The van der Waals surface area contributed by atoms with Crippen molar-refractivity contribution in [2.24, 2.45) is 0 Å². The van der Waals surface area contributed by atoms with E-state index in [0.29, 0.717) is 19.5 Å². The minimum Gasteiger partial charge on any atom is -0.478 e. The van der Waals surface area contributed by atoms with Gasteiger partial charge in [-0.1, -0.05) is 12.1 Å². The van der Waals surface area contributed by atoms with Gasteiger partial charge in [-0.05, 0) is 24.1 Å². The van der Waals surface area contributed by atoms with Crippen molar-refractivity contribution in [1.29, 1.82) is 0 Å². The molecule has 6 nitrogen and oxygen atoms in total. The van der Waals surface area contributed by atoms with Crippen molar-refractivity contribution in [1.82, 2.24) is 15.6 Å². The van der Waals surface area contributed by atoms with Crippen LogP contribution in [-0.2, 0) is 13.0 Å². The summed E-state index contributed by atoms with van der Waals surface area (Å²) >= 11 is 1.48. The van der Waals surface area contributed by atoms with E-state index in [2.05, 4.69) is 15.6 Å². The average molecular weight is 305 g/mol. The molecule has 1 heterocycles. The maximum absolute atomic E-state index is 11.6. The zero-order chi connectivity index (χ0) is 15.1. The molecule has 3 N–H and O–H groups in total. The second-order valence-corrected chi connectivity index (χ2v) is 5.06. The first-order valence-corrected chi connectivity index (χ1v) is 7.30. The third kappa shape index (κ3) is 4.88. The predicted molar refractivity (Wildman–Crippen MR) is 79.5 cm³/mol. The van der Waals surface area contributed by atoms with E-state index in [1.807, 2.05) is 11.4 Å². The fourth-order valence-corrected chi connectivity index (χ4v) is 2.30. The number of aromatic carboxylic acids is 1. The smallest absolute Gasteiger partial charge is 0.335 e. The van der Waals surface area contributed by atoms with Gasteiger partial charge in [-0.25, -0.2) is 14.6 Å². The Hall–Kier alpha value is -2.41. The summed E-state index contributed by atoms with van der Waals surface area (Å²) in [7, 11) is 0. The van der Waals surface area contributed by atoms with Gasteiger partial charge < -0.3 is 15.7 Å². The van der Waals surface area contributed by atoms with E-state index in [9.17, 15) is 9.59 Å². The number of hydrogen-bond donors (Lipinski definition) is 3. The maximum Gasteiger partial charge on any atom is 0.335 e. The van der Waals surface area contributed by atoms with Crippen LogP contribution in [-0.4, -0.2) is 28.6 Å². The molecule has 0 aliphatic carbocycles. The first-order valence-electron chi connectivity index (χ1n) is 6.36. The van der Waals surface area contributed by atoms with Crippen LogP contribution in [0.15, 0.2) is 35.2 Å². The highest BCUT2D eigenvalue weighted by atomic mass is 32.1. The third-order valence-electron chi connectivity index (χ3n) is 2.79. The van der Waals surface area contributed by atoms with Crippen molar-refractivity contribution < 1.29 is 14.7 Å². The number of carboxylic acid groups (broad SMARTS) is 1. The molecule has 7 heteroatoms. The molecule has 0 saturated heterocycles. The number of carboxylic acids is 1. The number of amides is 2. The van der Waals surface area contributed by atoms with Gasteiger partial charge >= 0.3 is 12.0 Å². The van der Waals surface area contributed by atoms with Crippen molar-refractivity contribution in [2.45, 2.75) is 13.0 Å². The molecule has 0 aliphatic rings. The number of rotatable bonds is 6. The molecule has 2 rings (SSSR count). The van der Waals surface area contributed by atoms with Gasteiger partial charge in [0.1, 0.15) is 0 Å². The summed E-state index contributed by atoms with van der Waals surface area (Å²) < 4.78 is 0. The van der Waals surface area contributed by atoms with Gasteiger partial charge in [0.25, 0.3) is 0 Å². The summed E-state index contributed by atoms with van der Waals surface area (Å²) in [6.07, 6.45) is 0.575. The molecule has 0 aliphatic heterocycles. The molecule has 1 aromatic carbocycles. The van der Waals surface area contributed by atoms with Crippen LogP contribution in [0.1, 0.15) is 21.6 Å². The highest BCUT2D eigenvalue weighted by molar-refractivity contribution is 7.07. The second kappa shape index (κ2) is 7.39. The van der Waals surface area contributed by atoms with Gasteiger partial charge in [0.05, 0.1) is 23.3 Å². The molecule has 0 saturated carbocycles. The maximum atomic E-state index is 11.6. The van der Waals surface area contributed by atoms with Crippen LogP contribution in [0, 0.1) is 0 Å². The molecular formula is C14H15N3O3S. The Balaban J connectivity index is 1.72. The minimum absolute atomic E-state index is 0.250. The molecule has 1 aromatic heterocycles. The van der Waals surface area contributed by atoms with Crippen LogP contribution in [0.25, 0.3) is 0 Å². The molecule has 110 valence electrons. The lowest BCUT2D eigenvalue weighted by Gasteiger charge is -2.07. The van der Waals surface area contributed by atoms with Crippen LogP contribution in [0.5, 0.6) is 0 Å². The predicted octanol–water partition coefficient (Wildman–Crippen LogP) is 1.88. The lowest BCUT2D eigenvalue weighted by molar-refractivity contribution is 0.0696. The standard InChI is InChI=1S/C14H15N3O3S/c18-13(19)11-3-1-2-10(6-11)4-5-15-14(20)16-7-12-8-21-9-17-12/h1-3,6,8-9H,4-5,7H2,(H,18,19)(H2,15,16,20). The molecule has 2 aromatic rings. The number of carbonyl (C=O) groups is 2. The van der Waals surface area contributed by atoms with Crippen LogP contribution in [0.4, 0.5) is 4.79 Å². The molecule has 0 fully saturated rings. The summed E-state index contributed by atoms with van der Waals surface area (Å²) in [5, 5.41) is 16.2. The zero-order valence-electron chi connectivity index (χ0n) is 11.2. The molecule has 21 heavy (non-hydrogen) atoms. The Morgan fingerprint density at radius 1 is 1.29 bits per heavy atom. The lowest BCUT2D eigenvalue weighted by Crippen LogP contribution is -2.36. The van der Waals surface area contributed by atoms with Gasteiger partial charge in [0.15, 0.2) is 0 Å². The van der Waals surface area contributed by atoms with Gasteiger partial charge in [0.2, 0.25) is 0 Å². The molecule has 2 amide bonds. The van der Waals surface area contributed by atoms with Crippen molar-refractivity contribution in [3.63, 3.8) is 0 Å². The van der Waals surface area contributed by atoms with E-state index in [-0.39, 0.29) is 11.6 Å². The second-order valence-electron chi connectivity index (χ2n) is 4.34. The average Bonchev–Trinajstić information content (AvgIpc) is 2.99. The summed E-state index contributed by atoms with van der Waals surface area (Å²) in [6.45, 7) is 0.829. The number of hydrogen-bond acceptors (Lipinski definition) is 4. The SMILES string of the molecule is O=C(NCCc1cccc(C(=O)O)c1)NCc1cscn1. The molecule has 0 radical (unpaired) electrons. The number of thiazole rings is 1. The molecule has 0 unspecified atom stereocenters. The van der Waals surface area contributed by atoms with Crippen LogP contribution < -0.4 is 10.6 Å². The summed E-state index contributed by atoms with van der Waals surface area (Å²) in [5.41, 5.74) is 3.66. The Kier molecular flexibility index (Phi) is 5.28. The van der Waals surface area contributed by atoms with Crippen molar-refractivity contribution in [3.05, 3.63) is 52.0 Å². The molecule has 0 atom stereocenters. The monoisotopic (exact) mass is 305 g/mol. The largest absolute Gasteiger partial charge is 0.478 e. The number of aromatic nitrogens is 1.